The van der Waals surface area contributed by atoms with Crippen molar-refractivity contribution in [1.82, 2.24) is 19.9 Å². The van der Waals surface area contributed by atoms with E-state index in [2.05, 4.69) is 15.3 Å². The number of alkyl halides is 1. The van der Waals surface area contributed by atoms with E-state index in [0.29, 0.717) is 24.6 Å². The molecule has 1 N–H and O–H groups in total. The van der Waals surface area contributed by atoms with E-state index in [4.69, 9.17) is 16.3 Å². The smallest absolute Gasteiger partial charge is 0.242 e. The summed E-state index contributed by atoms with van der Waals surface area (Å²) in [6.45, 7) is 2.74. The minimum absolute atomic E-state index is 0.113. The number of aromatic nitrogens is 3. The Hall–Kier alpha value is -1.66. The van der Waals surface area contributed by atoms with Crippen molar-refractivity contribution < 1.29 is 9.53 Å². The minimum atomic E-state index is -0.430. The molecule has 7 heteroatoms. The highest BCUT2D eigenvalue weighted by atomic mass is 35.5. The Kier molecular flexibility index (Phi) is 4.92. The zero-order chi connectivity index (χ0) is 14.5. The molecule has 1 atom stereocenters. The molecule has 2 aromatic rings. The maximum atomic E-state index is 12.1. The van der Waals surface area contributed by atoms with Gasteiger partial charge in [-0.3, -0.25) is 9.36 Å². The Balaban J connectivity index is 2.28. The summed E-state index contributed by atoms with van der Waals surface area (Å²) in [7, 11) is 1.59. The number of nitrogens with zero attached hydrogens (tertiary/aromatic N) is 3. The van der Waals surface area contributed by atoms with Crippen LogP contribution in [0.4, 0.5) is 0 Å². The molecule has 0 aromatic carbocycles. The van der Waals surface area contributed by atoms with Crippen molar-refractivity contribution in [1.29, 1.82) is 0 Å². The van der Waals surface area contributed by atoms with E-state index in [1.165, 1.54) is 0 Å². The van der Waals surface area contributed by atoms with Gasteiger partial charge in [0.15, 0.2) is 5.65 Å². The zero-order valence-electron chi connectivity index (χ0n) is 11.5. The number of carbonyl (C=O) groups excluding carboxylic acids is 1. The van der Waals surface area contributed by atoms with Crippen LogP contribution >= 0.6 is 11.6 Å². The van der Waals surface area contributed by atoms with Crippen molar-refractivity contribution in [2.24, 2.45) is 0 Å². The van der Waals surface area contributed by atoms with E-state index < -0.39 is 6.04 Å². The molecule has 0 bridgehead atoms. The predicted octanol–water partition coefficient (Wildman–Crippen LogP) is 1.49. The van der Waals surface area contributed by atoms with Gasteiger partial charge in [-0.25, -0.2) is 9.97 Å². The van der Waals surface area contributed by atoms with Gasteiger partial charge in [-0.05, 0) is 19.1 Å². The van der Waals surface area contributed by atoms with Gasteiger partial charge in [0.2, 0.25) is 5.91 Å². The van der Waals surface area contributed by atoms with Crippen LogP contribution in [0.3, 0.4) is 0 Å². The number of carbonyl (C=O) groups is 1. The molecule has 0 fully saturated rings. The van der Waals surface area contributed by atoms with Crippen molar-refractivity contribution in [3.8, 4) is 0 Å². The molecule has 1 amide bonds. The Morgan fingerprint density at radius 2 is 2.40 bits per heavy atom. The number of pyridine rings is 1. The molecule has 0 saturated heterocycles. The molecule has 20 heavy (non-hydrogen) atoms. The lowest BCUT2D eigenvalue weighted by Gasteiger charge is -2.16. The number of hydrogen-bond donors (Lipinski definition) is 1. The van der Waals surface area contributed by atoms with Crippen LogP contribution in [0.2, 0.25) is 0 Å². The van der Waals surface area contributed by atoms with E-state index >= 15 is 0 Å². The maximum absolute atomic E-state index is 12.1. The number of fused-ring (bicyclic) bond motifs is 1. The van der Waals surface area contributed by atoms with Gasteiger partial charge in [0.25, 0.3) is 0 Å². The topological polar surface area (TPSA) is 69.0 Å². The Morgan fingerprint density at radius 3 is 3.10 bits per heavy atom. The van der Waals surface area contributed by atoms with Gasteiger partial charge in [-0.15, -0.1) is 11.6 Å². The average Bonchev–Trinajstić information content (AvgIpc) is 2.85. The molecule has 2 rings (SSSR count). The third-order valence-corrected chi connectivity index (χ3v) is 3.25. The number of nitrogens with one attached hydrogen (secondary N) is 1. The summed E-state index contributed by atoms with van der Waals surface area (Å²) in [4.78, 5) is 20.8. The number of amides is 1. The highest BCUT2D eigenvalue weighted by molar-refractivity contribution is 6.16. The molecular weight excluding hydrogens is 280 g/mol. The van der Waals surface area contributed by atoms with Crippen LogP contribution in [-0.2, 0) is 15.4 Å². The van der Waals surface area contributed by atoms with Crippen LogP contribution in [0.15, 0.2) is 18.3 Å². The molecular formula is C13H17ClN4O2. The van der Waals surface area contributed by atoms with Crippen molar-refractivity contribution in [3.05, 3.63) is 24.2 Å². The van der Waals surface area contributed by atoms with Crippen LogP contribution < -0.4 is 5.32 Å². The van der Waals surface area contributed by atoms with E-state index in [-0.39, 0.29) is 11.8 Å². The highest BCUT2D eigenvalue weighted by Crippen LogP contribution is 2.20. The zero-order valence-corrected chi connectivity index (χ0v) is 12.2. The van der Waals surface area contributed by atoms with Crippen LogP contribution in [0.1, 0.15) is 18.8 Å². The molecule has 0 radical (unpaired) electrons. The van der Waals surface area contributed by atoms with Crippen LogP contribution in [0.5, 0.6) is 0 Å². The number of imidazole rings is 1. The first kappa shape index (κ1) is 14.7. The van der Waals surface area contributed by atoms with E-state index in [1.54, 1.807) is 30.9 Å². The largest absolute Gasteiger partial charge is 0.383 e. The molecule has 2 aromatic heterocycles. The van der Waals surface area contributed by atoms with Gasteiger partial charge in [0.1, 0.15) is 17.4 Å². The van der Waals surface area contributed by atoms with Crippen LogP contribution in [-0.4, -0.2) is 40.7 Å². The summed E-state index contributed by atoms with van der Waals surface area (Å²) in [5.74, 6) is 0.750. The summed E-state index contributed by atoms with van der Waals surface area (Å²) < 4.78 is 6.68. The van der Waals surface area contributed by atoms with Gasteiger partial charge in [0, 0.05) is 19.9 Å². The van der Waals surface area contributed by atoms with E-state index in [1.807, 2.05) is 6.07 Å². The average molecular weight is 297 g/mol. The Morgan fingerprint density at radius 1 is 1.60 bits per heavy atom. The maximum Gasteiger partial charge on any atom is 0.242 e. The van der Waals surface area contributed by atoms with E-state index in [9.17, 15) is 4.79 Å². The summed E-state index contributed by atoms with van der Waals surface area (Å²) in [6.07, 6.45) is 1.67. The molecule has 0 aliphatic rings. The minimum Gasteiger partial charge on any atom is -0.383 e. The normalized spacial score (nSPS) is 12.6. The van der Waals surface area contributed by atoms with Gasteiger partial charge >= 0.3 is 0 Å². The van der Waals surface area contributed by atoms with Gasteiger partial charge in [0.05, 0.1) is 12.5 Å². The second kappa shape index (κ2) is 6.67. The standard InChI is InChI=1S/C13H17ClN4O2/c1-9(13(19)16-6-7-20-2)18-11(8-14)17-10-4-3-5-15-12(10)18/h3-5,9H,6-8H2,1-2H3,(H,16,19). The lowest BCUT2D eigenvalue weighted by Crippen LogP contribution is -2.33. The molecule has 0 aliphatic carbocycles. The monoisotopic (exact) mass is 296 g/mol. The quantitative estimate of drug-likeness (QED) is 0.648. The lowest BCUT2D eigenvalue weighted by molar-refractivity contribution is -0.124. The van der Waals surface area contributed by atoms with Gasteiger partial charge < -0.3 is 10.1 Å². The number of halogens is 1. The Labute approximate surface area is 122 Å². The third kappa shape index (κ3) is 2.91. The van der Waals surface area contributed by atoms with E-state index in [0.717, 1.165) is 5.52 Å². The first-order valence-corrected chi connectivity index (χ1v) is 6.87. The molecule has 1 unspecified atom stereocenters. The van der Waals surface area contributed by atoms with Crippen LogP contribution in [0.25, 0.3) is 11.2 Å². The summed E-state index contributed by atoms with van der Waals surface area (Å²) >= 11 is 5.92. The number of methoxy groups -OCH3 is 1. The Bertz CT molecular complexity index is 599. The predicted molar refractivity (Wildman–Crippen MR) is 76.7 cm³/mol. The molecule has 0 saturated carbocycles. The van der Waals surface area contributed by atoms with Crippen molar-refractivity contribution in [2.75, 3.05) is 20.3 Å². The van der Waals surface area contributed by atoms with Crippen molar-refractivity contribution >= 4 is 28.7 Å². The summed E-state index contributed by atoms with van der Waals surface area (Å²) in [5.41, 5.74) is 1.40. The van der Waals surface area contributed by atoms with Crippen molar-refractivity contribution in [2.45, 2.75) is 18.8 Å². The molecule has 6 nitrogen and oxygen atoms in total. The lowest BCUT2D eigenvalue weighted by atomic mass is 10.3. The van der Waals surface area contributed by atoms with Crippen LogP contribution in [0, 0.1) is 0 Å². The molecule has 0 spiro atoms. The summed E-state index contributed by atoms with van der Waals surface area (Å²) in [6, 6.07) is 3.23. The second-order valence-corrected chi connectivity index (χ2v) is 4.60. The number of rotatable bonds is 6. The fraction of sp³-hybridized carbons (Fsp3) is 0.462. The SMILES string of the molecule is COCCNC(=O)C(C)n1c(CCl)nc2cccnc21. The highest BCUT2D eigenvalue weighted by Gasteiger charge is 2.21. The summed E-state index contributed by atoms with van der Waals surface area (Å²) in [5, 5.41) is 2.80. The number of ether oxygens (including phenoxy) is 1. The third-order valence-electron chi connectivity index (χ3n) is 3.01. The first-order chi connectivity index (χ1) is 9.69. The first-order valence-electron chi connectivity index (χ1n) is 6.33. The molecule has 0 aliphatic heterocycles. The fourth-order valence-corrected chi connectivity index (χ4v) is 2.21. The van der Waals surface area contributed by atoms with Gasteiger partial charge in [-0.1, -0.05) is 0 Å². The molecule has 108 valence electrons. The fourth-order valence-electron chi connectivity index (χ4n) is 2.02. The number of hydrogen-bond acceptors (Lipinski definition) is 4. The van der Waals surface area contributed by atoms with Crippen molar-refractivity contribution in [3.63, 3.8) is 0 Å². The second-order valence-electron chi connectivity index (χ2n) is 4.34. The van der Waals surface area contributed by atoms with Gasteiger partial charge in [-0.2, -0.15) is 0 Å². The molecule has 2 heterocycles.